The average molecular weight is 554 g/mol. The Hall–Kier alpha value is -4.19. The van der Waals surface area contributed by atoms with Crippen molar-refractivity contribution in [1.82, 2.24) is 30.9 Å². The smallest absolute Gasteiger partial charge is 0.326 e. The van der Waals surface area contributed by atoms with E-state index in [0.717, 1.165) is 16.5 Å². The van der Waals surface area contributed by atoms with E-state index in [1.807, 2.05) is 38.1 Å². The fraction of sp³-hybridized carbons (Fsp3) is 0.464. The number of carboxylic acid groups (broad SMARTS) is 1. The van der Waals surface area contributed by atoms with Gasteiger partial charge >= 0.3 is 5.97 Å². The van der Waals surface area contributed by atoms with E-state index < -0.39 is 47.9 Å². The predicted octanol–water partition coefficient (Wildman–Crippen LogP) is 1.24. The minimum Gasteiger partial charge on any atom is -0.480 e. The minimum absolute atomic E-state index is 0.0304. The van der Waals surface area contributed by atoms with Gasteiger partial charge in [0.2, 0.25) is 17.7 Å². The Morgan fingerprint density at radius 1 is 0.925 bits per heavy atom. The largest absolute Gasteiger partial charge is 0.480 e. The minimum atomic E-state index is -1.18. The standard InChI is InChI=1S/C28H39N7O5/c1-15(2)9-20(29)25(36)33-22(10-17-12-31-21-8-6-5-7-19(17)21)26(37)34-23(11-18-13-30-14-32-18)27(38)35-24(16(3)4)28(39)40/h5-8,12-16,20,22-24,31H,9-11,29H2,1-4H3,(H,30,32)(H,33,36)(H,34,37)(H,35,38)(H,39,40). The number of hydrogen-bond donors (Lipinski definition) is 7. The number of aliphatic carboxylic acids is 1. The van der Waals surface area contributed by atoms with Gasteiger partial charge in [0.1, 0.15) is 18.1 Å². The van der Waals surface area contributed by atoms with Crippen LogP contribution in [-0.4, -0.2) is 67.9 Å². The van der Waals surface area contributed by atoms with Gasteiger partial charge in [0.15, 0.2) is 0 Å². The number of hydrogen-bond acceptors (Lipinski definition) is 6. The van der Waals surface area contributed by atoms with E-state index in [2.05, 4.69) is 30.9 Å². The van der Waals surface area contributed by atoms with Crippen LogP contribution in [-0.2, 0) is 32.0 Å². The van der Waals surface area contributed by atoms with Crippen LogP contribution in [0, 0.1) is 11.8 Å². The summed E-state index contributed by atoms with van der Waals surface area (Å²) < 4.78 is 0. The van der Waals surface area contributed by atoms with Crippen LogP contribution in [0.1, 0.15) is 45.4 Å². The summed E-state index contributed by atoms with van der Waals surface area (Å²) in [6.07, 6.45) is 5.33. The van der Waals surface area contributed by atoms with Crippen molar-refractivity contribution in [3.05, 3.63) is 54.2 Å². The molecule has 0 saturated heterocycles. The number of carbonyl (C=O) groups excluding carboxylic acids is 3. The number of para-hydroxylation sites is 1. The number of aromatic amines is 2. The van der Waals surface area contributed by atoms with Crippen LogP contribution in [0.2, 0.25) is 0 Å². The van der Waals surface area contributed by atoms with Gasteiger partial charge in [-0.2, -0.15) is 0 Å². The first-order valence-corrected chi connectivity index (χ1v) is 13.4. The van der Waals surface area contributed by atoms with Crippen LogP contribution in [0.15, 0.2) is 43.0 Å². The maximum atomic E-state index is 13.7. The summed E-state index contributed by atoms with van der Waals surface area (Å²) >= 11 is 0. The van der Waals surface area contributed by atoms with Gasteiger partial charge in [-0.15, -0.1) is 0 Å². The molecule has 12 heteroatoms. The maximum absolute atomic E-state index is 13.7. The van der Waals surface area contributed by atoms with Gasteiger partial charge in [-0.3, -0.25) is 14.4 Å². The second-order valence-corrected chi connectivity index (χ2v) is 10.8. The van der Waals surface area contributed by atoms with Crippen molar-refractivity contribution in [3.63, 3.8) is 0 Å². The first-order chi connectivity index (χ1) is 19.0. The summed E-state index contributed by atoms with van der Waals surface area (Å²) in [4.78, 5) is 61.6. The monoisotopic (exact) mass is 553 g/mol. The fourth-order valence-electron chi connectivity index (χ4n) is 4.49. The van der Waals surface area contributed by atoms with E-state index in [4.69, 9.17) is 5.73 Å². The summed E-state index contributed by atoms with van der Waals surface area (Å²) in [6.45, 7) is 7.25. The lowest BCUT2D eigenvalue weighted by Crippen LogP contribution is -2.58. The first-order valence-electron chi connectivity index (χ1n) is 13.4. The van der Waals surface area contributed by atoms with E-state index in [-0.39, 0.29) is 24.7 Å². The van der Waals surface area contributed by atoms with Crippen molar-refractivity contribution in [1.29, 1.82) is 0 Å². The molecule has 216 valence electrons. The fourth-order valence-corrected chi connectivity index (χ4v) is 4.49. The van der Waals surface area contributed by atoms with Crippen molar-refractivity contribution in [2.45, 2.75) is 71.1 Å². The van der Waals surface area contributed by atoms with Gasteiger partial charge in [-0.25, -0.2) is 9.78 Å². The van der Waals surface area contributed by atoms with Crippen molar-refractivity contribution in [3.8, 4) is 0 Å². The molecule has 4 unspecified atom stereocenters. The lowest BCUT2D eigenvalue weighted by molar-refractivity contribution is -0.143. The quantitative estimate of drug-likeness (QED) is 0.156. The third-order valence-corrected chi connectivity index (χ3v) is 6.64. The summed E-state index contributed by atoms with van der Waals surface area (Å²) in [5.74, 6) is -3.15. The molecule has 3 rings (SSSR count). The number of imidazole rings is 1. The number of fused-ring (bicyclic) bond motifs is 1. The van der Waals surface area contributed by atoms with Gasteiger partial charge in [0.05, 0.1) is 12.4 Å². The molecule has 0 aliphatic carbocycles. The first kappa shape index (κ1) is 30.4. The number of carboxylic acids is 1. The van der Waals surface area contributed by atoms with Crippen LogP contribution in [0.25, 0.3) is 10.9 Å². The van der Waals surface area contributed by atoms with Crippen molar-refractivity contribution in [2.75, 3.05) is 0 Å². The zero-order valence-corrected chi connectivity index (χ0v) is 23.2. The van der Waals surface area contributed by atoms with Crippen LogP contribution < -0.4 is 21.7 Å². The number of amides is 3. The van der Waals surface area contributed by atoms with Crippen LogP contribution in [0.4, 0.5) is 0 Å². The topological polar surface area (TPSA) is 195 Å². The molecule has 0 aliphatic rings. The Morgan fingerprint density at radius 3 is 2.20 bits per heavy atom. The number of nitrogens with zero attached hydrogens (tertiary/aromatic N) is 1. The molecular weight excluding hydrogens is 514 g/mol. The number of nitrogens with two attached hydrogens (primary N) is 1. The zero-order valence-electron chi connectivity index (χ0n) is 23.2. The molecular formula is C28H39N7O5. The van der Waals surface area contributed by atoms with E-state index in [0.29, 0.717) is 12.1 Å². The summed E-state index contributed by atoms with van der Waals surface area (Å²) in [7, 11) is 0. The van der Waals surface area contributed by atoms with Crippen molar-refractivity contribution >= 4 is 34.6 Å². The Labute approximate surface area is 232 Å². The number of aromatic nitrogens is 3. The van der Waals surface area contributed by atoms with Gasteiger partial charge in [0.25, 0.3) is 0 Å². The van der Waals surface area contributed by atoms with Gasteiger partial charge in [-0.05, 0) is 29.9 Å². The molecule has 0 bridgehead atoms. The van der Waals surface area contributed by atoms with Crippen LogP contribution in [0.3, 0.4) is 0 Å². The average Bonchev–Trinajstić information content (AvgIpc) is 3.55. The molecule has 2 aromatic heterocycles. The molecule has 1 aromatic carbocycles. The van der Waals surface area contributed by atoms with Crippen LogP contribution in [0.5, 0.6) is 0 Å². The molecule has 40 heavy (non-hydrogen) atoms. The lowest BCUT2D eigenvalue weighted by atomic mass is 10.0. The second kappa shape index (κ2) is 13.7. The van der Waals surface area contributed by atoms with Gasteiger partial charge < -0.3 is 36.8 Å². The van der Waals surface area contributed by atoms with Gasteiger partial charge in [0, 0.05) is 41.8 Å². The van der Waals surface area contributed by atoms with Crippen LogP contribution >= 0.6 is 0 Å². The summed E-state index contributed by atoms with van der Waals surface area (Å²) in [5, 5.41) is 18.5. The molecule has 3 amide bonds. The third kappa shape index (κ3) is 8.15. The molecule has 8 N–H and O–H groups in total. The highest BCUT2D eigenvalue weighted by Crippen LogP contribution is 2.19. The highest BCUT2D eigenvalue weighted by atomic mass is 16.4. The Kier molecular flexibility index (Phi) is 10.4. The molecule has 3 aromatic rings. The molecule has 0 saturated carbocycles. The number of H-pyrrole nitrogens is 2. The lowest BCUT2D eigenvalue weighted by Gasteiger charge is -2.26. The Balaban J connectivity index is 1.87. The molecule has 0 spiro atoms. The van der Waals surface area contributed by atoms with Gasteiger partial charge in [-0.1, -0.05) is 45.9 Å². The highest BCUT2D eigenvalue weighted by molar-refractivity contribution is 5.95. The molecule has 0 radical (unpaired) electrons. The van der Waals surface area contributed by atoms with E-state index in [9.17, 15) is 24.3 Å². The maximum Gasteiger partial charge on any atom is 0.326 e. The summed E-state index contributed by atoms with van der Waals surface area (Å²) in [5.41, 5.74) is 8.34. The second-order valence-electron chi connectivity index (χ2n) is 10.8. The molecule has 0 fully saturated rings. The SMILES string of the molecule is CC(C)CC(N)C(=O)NC(Cc1c[nH]c2ccccc12)C(=O)NC(Cc1cnc[nH]1)C(=O)NC(C(=O)O)C(C)C. The molecule has 4 atom stereocenters. The molecule has 0 aliphatic heterocycles. The highest BCUT2D eigenvalue weighted by Gasteiger charge is 2.32. The van der Waals surface area contributed by atoms with E-state index in [1.54, 1.807) is 20.0 Å². The van der Waals surface area contributed by atoms with E-state index >= 15 is 0 Å². The zero-order chi connectivity index (χ0) is 29.4. The molecule has 12 nitrogen and oxygen atoms in total. The van der Waals surface area contributed by atoms with E-state index in [1.165, 1.54) is 12.5 Å². The number of rotatable bonds is 14. The Bertz CT molecular complexity index is 1300. The predicted molar refractivity (Wildman–Crippen MR) is 150 cm³/mol. The Morgan fingerprint density at radius 2 is 1.57 bits per heavy atom. The van der Waals surface area contributed by atoms with Crippen molar-refractivity contribution in [2.24, 2.45) is 17.6 Å². The normalized spacial score (nSPS) is 14.5. The van der Waals surface area contributed by atoms with Crippen molar-refractivity contribution < 1.29 is 24.3 Å². The number of carbonyl (C=O) groups is 4. The summed E-state index contributed by atoms with van der Waals surface area (Å²) in [6, 6.07) is 3.43. The number of benzene rings is 1. The molecule has 2 heterocycles. The third-order valence-electron chi connectivity index (χ3n) is 6.64. The number of nitrogens with one attached hydrogen (secondary N) is 5.